The van der Waals surface area contributed by atoms with Gasteiger partial charge in [0, 0.05) is 0 Å². The van der Waals surface area contributed by atoms with Crippen molar-refractivity contribution in [1.29, 1.82) is 0 Å². The Balaban J connectivity index is 3.52. The van der Waals surface area contributed by atoms with Crippen molar-refractivity contribution in [3.8, 4) is 0 Å². The summed E-state index contributed by atoms with van der Waals surface area (Å²) in [6.07, 6.45) is 11.3. The van der Waals surface area contributed by atoms with Crippen molar-refractivity contribution in [2.24, 2.45) is 11.8 Å². The SMILES string of the molecule is CCCCCCC(C)C(CC)CCC. The third kappa shape index (κ3) is 6.45. The van der Waals surface area contributed by atoms with Crippen molar-refractivity contribution < 1.29 is 0 Å². The van der Waals surface area contributed by atoms with Crippen LogP contribution in [0.25, 0.3) is 0 Å². The van der Waals surface area contributed by atoms with Crippen molar-refractivity contribution in [2.75, 3.05) is 0 Å². The molecule has 0 amide bonds. The number of hydrogen-bond donors (Lipinski definition) is 0. The lowest BCUT2D eigenvalue weighted by atomic mass is 9.84. The molecule has 0 bridgehead atoms. The zero-order valence-electron chi connectivity index (χ0n) is 10.8. The quantitative estimate of drug-likeness (QED) is 0.434. The lowest BCUT2D eigenvalue weighted by Gasteiger charge is -2.22. The van der Waals surface area contributed by atoms with Gasteiger partial charge in [0.15, 0.2) is 0 Å². The van der Waals surface area contributed by atoms with Crippen LogP contribution in [-0.4, -0.2) is 0 Å². The van der Waals surface area contributed by atoms with Crippen LogP contribution in [0, 0.1) is 11.8 Å². The van der Waals surface area contributed by atoms with Gasteiger partial charge in [0.2, 0.25) is 0 Å². The maximum Gasteiger partial charge on any atom is -0.0391 e. The summed E-state index contributed by atoms with van der Waals surface area (Å²) in [5.41, 5.74) is 0. The molecule has 0 nitrogen and oxygen atoms in total. The second-order valence-electron chi connectivity index (χ2n) is 4.78. The Morgan fingerprint density at radius 3 is 2.00 bits per heavy atom. The minimum Gasteiger partial charge on any atom is -0.0654 e. The van der Waals surface area contributed by atoms with E-state index in [0.717, 1.165) is 11.8 Å². The van der Waals surface area contributed by atoms with Gasteiger partial charge in [0.1, 0.15) is 0 Å². The average Bonchev–Trinajstić information content (AvgIpc) is 2.20. The monoisotopic (exact) mass is 198 g/mol. The molecule has 0 aromatic rings. The highest BCUT2D eigenvalue weighted by molar-refractivity contribution is 4.65. The van der Waals surface area contributed by atoms with Crippen LogP contribution in [0.4, 0.5) is 0 Å². The summed E-state index contributed by atoms with van der Waals surface area (Å²) >= 11 is 0. The summed E-state index contributed by atoms with van der Waals surface area (Å²) in [7, 11) is 0. The third-order valence-electron chi connectivity index (χ3n) is 3.50. The van der Waals surface area contributed by atoms with Crippen LogP contribution >= 0.6 is 0 Å². The molecule has 0 aliphatic heterocycles. The molecular formula is C14H30. The van der Waals surface area contributed by atoms with Crippen LogP contribution in [0.2, 0.25) is 0 Å². The third-order valence-corrected chi connectivity index (χ3v) is 3.50. The van der Waals surface area contributed by atoms with Crippen LogP contribution in [0.1, 0.15) is 79.1 Å². The van der Waals surface area contributed by atoms with Gasteiger partial charge in [0.05, 0.1) is 0 Å². The van der Waals surface area contributed by atoms with E-state index in [-0.39, 0.29) is 0 Å². The van der Waals surface area contributed by atoms with Gasteiger partial charge >= 0.3 is 0 Å². The Morgan fingerprint density at radius 2 is 1.50 bits per heavy atom. The van der Waals surface area contributed by atoms with Crippen LogP contribution in [0.3, 0.4) is 0 Å². The molecule has 0 radical (unpaired) electrons. The first-order chi connectivity index (χ1) is 6.76. The van der Waals surface area contributed by atoms with Crippen LogP contribution < -0.4 is 0 Å². The summed E-state index contributed by atoms with van der Waals surface area (Å²) in [6, 6.07) is 0. The maximum absolute atomic E-state index is 2.45. The largest absolute Gasteiger partial charge is 0.0654 e. The Morgan fingerprint density at radius 1 is 0.786 bits per heavy atom. The zero-order valence-corrected chi connectivity index (χ0v) is 10.8. The zero-order chi connectivity index (χ0) is 10.8. The Hall–Kier alpha value is 0. The molecule has 0 N–H and O–H groups in total. The molecule has 14 heavy (non-hydrogen) atoms. The predicted octanol–water partition coefficient (Wildman–Crippen LogP) is 5.42. The lowest BCUT2D eigenvalue weighted by molar-refractivity contribution is 0.298. The highest BCUT2D eigenvalue weighted by Crippen LogP contribution is 2.25. The van der Waals surface area contributed by atoms with E-state index < -0.39 is 0 Å². The second kappa shape index (κ2) is 9.55. The molecule has 0 rings (SSSR count). The molecule has 0 aromatic carbocycles. The van der Waals surface area contributed by atoms with E-state index in [2.05, 4.69) is 27.7 Å². The van der Waals surface area contributed by atoms with E-state index in [1.165, 1.54) is 51.4 Å². The Bertz CT molecular complexity index is 107. The van der Waals surface area contributed by atoms with Crippen molar-refractivity contribution in [1.82, 2.24) is 0 Å². The number of hydrogen-bond acceptors (Lipinski definition) is 0. The fraction of sp³-hybridized carbons (Fsp3) is 1.00. The van der Waals surface area contributed by atoms with E-state index >= 15 is 0 Å². The van der Waals surface area contributed by atoms with E-state index in [1.807, 2.05) is 0 Å². The van der Waals surface area contributed by atoms with E-state index in [1.54, 1.807) is 0 Å². The fourth-order valence-electron chi connectivity index (χ4n) is 2.39. The molecule has 0 fully saturated rings. The second-order valence-corrected chi connectivity index (χ2v) is 4.78. The summed E-state index contributed by atoms with van der Waals surface area (Å²) in [4.78, 5) is 0. The van der Waals surface area contributed by atoms with Crippen molar-refractivity contribution >= 4 is 0 Å². The van der Waals surface area contributed by atoms with Gasteiger partial charge in [-0.05, 0) is 11.8 Å². The smallest absolute Gasteiger partial charge is 0.0391 e. The van der Waals surface area contributed by atoms with Crippen LogP contribution in [0.15, 0.2) is 0 Å². The molecule has 86 valence electrons. The average molecular weight is 198 g/mol. The minimum atomic E-state index is 0.955. The van der Waals surface area contributed by atoms with E-state index in [0.29, 0.717) is 0 Å². The predicted molar refractivity (Wildman–Crippen MR) is 66.6 cm³/mol. The molecule has 0 aliphatic rings. The van der Waals surface area contributed by atoms with Gasteiger partial charge in [-0.2, -0.15) is 0 Å². The first-order valence-electron chi connectivity index (χ1n) is 6.76. The molecule has 0 saturated heterocycles. The normalized spacial score (nSPS) is 15.4. The molecule has 0 aromatic heterocycles. The topological polar surface area (TPSA) is 0 Å². The standard InChI is InChI=1S/C14H30/c1-5-8-9-10-12-13(4)14(7-3)11-6-2/h13-14H,5-12H2,1-4H3. The first-order valence-corrected chi connectivity index (χ1v) is 6.76. The number of rotatable bonds is 9. The molecule has 2 unspecified atom stereocenters. The lowest BCUT2D eigenvalue weighted by Crippen LogP contribution is -2.10. The van der Waals surface area contributed by atoms with Gasteiger partial charge in [-0.15, -0.1) is 0 Å². The Kier molecular flexibility index (Phi) is 9.55. The maximum atomic E-state index is 2.45. The van der Waals surface area contributed by atoms with Crippen LogP contribution in [0.5, 0.6) is 0 Å². The summed E-state index contributed by atoms with van der Waals surface area (Å²) < 4.78 is 0. The van der Waals surface area contributed by atoms with Crippen molar-refractivity contribution in [3.05, 3.63) is 0 Å². The molecule has 0 spiro atoms. The summed E-state index contributed by atoms with van der Waals surface area (Å²) in [6.45, 7) is 9.40. The molecule has 0 saturated carbocycles. The molecule has 0 aliphatic carbocycles. The van der Waals surface area contributed by atoms with Gasteiger partial charge in [-0.3, -0.25) is 0 Å². The van der Waals surface area contributed by atoms with Gasteiger partial charge < -0.3 is 0 Å². The minimum absolute atomic E-state index is 0.955. The highest BCUT2D eigenvalue weighted by atomic mass is 14.2. The molecular weight excluding hydrogens is 168 g/mol. The fourth-order valence-corrected chi connectivity index (χ4v) is 2.39. The van der Waals surface area contributed by atoms with Gasteiger partial charge in [-0.25, -0.2) is 0 Å². The molecule has 2 atom stereocenters. The summed E-state index contributed by atoms with van der Waals surface area (Å²) in [5.74, 6) is 1.94. The van der Waals surface area contributed by atoms with E-state index in [9.17, 15) is 0 Å². The highest BCUT2D eigenvalue weighted by Gasteiger charge is 2.13. The van der Waals surface area contributed by atoms with Gasteiger partial charge in [0.25, 0.3) is 0 Å². The van der Waals surface area contributed by atoms with E-state index in [4.69, 9.17) is 0 Å². The van der Waals surface area contributed by atoms with Crippen molar-refractivity contribution in [3.63, 3.8) is 0 Å². The molecule has 0 heteroatoms. The summed E-state index contributed by atoms with van der Waals surface area (Å²) in [5, 5.41) is 0. The van der Waals surface area contributed by atoms with Gasteiger partial charge in [-0.1, -0.05) is 79.1 Å². The first kappa shape index (κ1) is 14.0. The molecule has 0 heterocycles. The number of unbranched alkanes of at least 4 members (excludes halogenated alkanes) is 3. The van der Waals surface area contributed by atoms with Crippen molar-refractivity contribution in [2.45, 2.75) is 79.1 Å². The Labute approximate surface area is 91.5 Å². The van der Waals surface area contributed by atoms with Crippen LogP contribution in [-0.2, 0) is 0 Å².